The first kappa shape index (κ1) is 9.58. The Morgan fingerprint density at radius 3 is 2.50 bits per heavy atom. The van der Waals surface area contributed by atoms with E-state index in [2.05, 4.69) is 5.32 Å². The van der Waals surface area contributed by atoms with Crippen LogP contribution in [-0.4, -0.2) is 34.0 Å². The van der Waals surface area contributed by atoms with Gasteiger partial charge in [-0.1, -0.05) is 0 Å². The average Bonchev–Trinajstić information content (AvgIpc) is 1.85. The molecule has 0 aliphatic rings. The van der Waals surface area contributed by atoms with E-state index >= 15 is 0 Å². The fourth-order valence-electron chi connectivity index (χ4n) is 0.470. The van der Waals surface area contributed by atoms with Crippen LogP contribution in [0.25, 0.3) is 0 Å². The van der Waals surface area contributed by atoms with Crippen LogP contribution >= 0.6 is 11.8 Å². The molecule has 0 aromatic heterocycles. The third-order valence-corrected chi connectivity index (χ3v) is 1.91. The van der Waals surface area contributed by atoms with Gasteiger partial charge in [0.2, 0.25) is 0 Å². The van der Waals surface area contributed by atoms with Crippen molar-refractivity contribution >= 4 is 17.9 Å². The van der Waals surface area contributed by atoms with Gasteiger partial charge in [-0.3, -0.25) is 0 Å². The largest absolute Gasteiger partial charge is 0.465 e. The third kappa shape index (κ3) is 3.58. The fraction of sp³-hybridized carbons (Fsp3) is 0.800. The molecule has 0 fully saturated rings. The molecule has 10 heavy (non-hydrogen) atoms. The number of thioether (sulfide) groups is 1. The maximum Gasteiger partial charge on any atom is 0.404 e. The standard InChI is InChI=1S/C5H11NO3S/c1-3(4(7)10-2)6-5(8)9/h3-4,6-7H,1-2H3,(H,8,9). The van der Waals surface area contributed by atoms with Gasteiger partial charge < -0.3 is 15.5 Å². The van der Waals surface area contributed by atoms with E-state index in [9.17, 15) is 4.79 Å². The summed E-state index contributed by atoms with van der Waals surface area (Å²) in [6, 6.07) is -0.424. The lowest BCUT2D eigenvalue weighted by Gasteiger charge is -2.15. The van der Waals surface area contributed by atoms with Crippen LogP contribution in [0.15, 0.2) is 0 Å². The van der Waals surface area contributed by atoms with Crippen molar-refractivity contribution in [3.8, 4) is 0 Å². The first-order valence-electron chi connectivity index (χ1n) is 2.78. The molecule has 2 atom stereocenters. The van der Waals surface area contributed by atoms with Gasteiger partial charge in [0.05, 0.1) is 6.04 Å². The van der Waals surface area contributed by atoms with E-state index in [0.717, 1.165) is 0 Å². The molecule has 0 radical (unpaired) electrons. The number of aliphatic hydroxyl groups is 1. The SMILES string of the molecule is CSC(O)C(C)NC(=O)O. The van der Waals surface area contributed by atoms with Crippen molar-refractivity contribution in [1.29, 1.82) is 0 Å². The fourth-order valence-corrected chi connectivity index (χ4v) is 0.946. The lowest BCUT2D eigenvalue weighted by atomic mass is 10.4. The van der Waals surface area contributed by atoms with Crippen LogP contribution in [0.4, 0.5) is 4.79 Å². The summed E-state index contributed by atoms with van der Waals surface area (Å²) in [5.41, 5.74) is -0.670. The highest BCUT2D eigenvalue weighted by Gasteiger charge is 2.13. The zero-order valence-corrected chi connectivity index (χ0v) is 6.68. The number of aliphatic hydroxyl groups excluding tert-OH is 1. The number of carbonyl (C=O) groups is 1. The zero-order chi connectivity index (χ0) is 8.15. The predicted octanol–water partition coefficient (Wildman–Crippen LogP) is 0.324. The molecule has 0 aromatic carbocycles. The van der Waals surface area contributed by atoms with Crippen LogP contribution in [0, 0.1) is 0 Å². The minimum Gasteiger partial charge on any atom is -0.465 e. The maximum atomic E-state index is 10.00. The summed E-state index contributed by atoms with van der Waals surface area (Å²) in [6.45, 7) is 1.61. The van der Waals surface area contributed by atoms with Crippen molar-refractivity contribution in [2.24, 2.45) is 0 Å². The summed E-state index contributed by atoms with van der Waals surface area (Å²) in [4.78, 5) is 10.00. The smallest absolute Gasteiger partial charge is 0.404 e. The summed E-state index contributed by atoms with van der Waals surface area (Å²) < 4.78 is 0. The van der Waals surface area contributed by atoms with Crippen LogP contribution in [0.5, 0.6) is 0 Å². The van der Waals surface area contributed by atoms with Gasteiger partial charge in [-0.25, -0.2) is 4.79 Å². The normalized spacial score (nSPS) is 15.9. The number of rotatable bonds is 3. The van der Waals surface area contributed by atoms with Gasteiger partial charge >= 0.3 is 6.09 Å². The summed E-state index contributed by atoms with van der Waals surface area (Å²) in [6.07, 6.45) is 0.602. The number of amides is 1. The Balaban J connectivity index is 3.61. The van der Waals surface area contributed by atoms with E-state index in [4.69, 9.17) is 10.2 Å². The highest BCUT2D eigenvalue weighted by molar-refractivity contribution is 7.99. The van der Waals surface area contributed by atoms with Gasteiger partial charge in [0.1, 0.15) is 5.44 Å². The molecule has 0 saturated carbocycles. The van der Waals surface area contributed by atoms with Crippen molar-refractivity contribution in [2.75, 3.05) is 6.26 Å². The van der Waals surface area contributed by atoms with E-state index in [0.29, 0.717) is 0 Å². The van der Waals surface area contributed by atoms with Gasteiger partial charge in [0, 0.05) is 0 Å². The molecular weight excluding hydrogens is 154 g/mol. The van der Waals surface area contributed by atoms with Crippen molar-refractivity contribution in [1.82, 2.24) is 5.32 Å². The Bertz CT molecular complexity index is 119. The van der Waals surface area contributed by atoms with Crippen molar-refractivity contribution < 1.29 is 15.0 Å². The topological polar surface area (TPSA) is 69.6 Å². The van der Waals surface area contributed by atoms with Crippen LogP contribution < -0.4 is 5.32 Å². The number of carboxylic acid groups (broad SMARTS) is 1. The second-order valence-electron chi connectivity index (χ2n) is 1.86. The summed E-state index contributed by atoms with van der Waals surface area (Å²) in [5.74, 6) is 0. The second-order valence-corrected chi connectivity index (χ2v) is 2.82. The lowest BCUT2D eigenvalue weighted by Crippen LogP contribution is -2.38. The first-order chi connectivity index (χ1) is 4.57. The predicted molar refractivity (Wildman–Crippen MR) is 40.1 cm³/mol. The minimum atomic E-state index is -1.11. The quantitative estimate of drug-likeness (QED) is 0.527. The summed E-state index contributed by atoms with van der Waals surface area (Å²) in [7, 11) is 0. The number of hydrogen-bond donors (Lipinski definition) is 3. The lowest BCUT2D eigenvalue weighted by molar-refractivity contribution is 0.172. The van der Waals surface area contributed by atoms with E-state index in [1.54, 1.807) is 13.2 Å². The molecular formula is C5H11NO3S. The Morgan fingerprint density at radius 1 is 1.70 bits per heavy atom. The highest BCUT2D eigenvalue weighted by Crippen LogP contribution is 2.06. The van der Waals surface area contributed by atoms with Crippen molar-refractivity contribution in [2.45, 2.75) is 18.4 Å². The minimum absolute atomic E-state index is 0.424. The monoisotopic (exact) mass is 165 g/mol. The van der Waals surface area contributed by atoms with E-state index in [-0.39, 0.29) is 0 Å². The van der Waals surface area contributed by atoms with Crippen LogP contribution in [0.2, 0.25) is 0 Å². The van der Waals surface area contributed by atoms with Gasteiger partial charge in [0.15, 0.2) is 0 Å². The Labute approximate surface area is 63.6 Å². The Hall–Kier alpha value is -0.420. The van der Waals surface area contributed by atoms with Gasteiger partial charge in [-0.05, 0) is 13.2 Å². The molecule has 0 saturated heterocycles. The maximum absolute atomic E-state index is 10.00. The van der Waals surface area contributed by atoms with E-state index in [1.807, 2.05) is 0 Å². The molecule has 2 unspecified atom stereocenters. The van der Waals surface area contributed by atoms with Crippen LogP contribution in [-0.2, 0) is 0 Å². The van der Waals surface area contributed by atoms with Crippen LogP contribution in [0.1, 0.15) is 6.92 Å². The van der Waals surface area contributed by atoms with Gasteiger partial charge in [-0.2, -0.15) is 0 Å². The molecule has 0 aromatic rings. The van der Waals surface area contributed by atoms with Gasteiger partial charge in [0.25, 0.3) is 0 Å². The molecule has 3 N–H and O–H groups in total. The Kier molecular flexibility index (Phi) is 4.22. The number of nitrogens with one attached hydrogen (secondary N) is 1. The average molecular weight is 165 g/mol. The molecule has 60 valence electrons. The van der Waals surface area contributed by atoms with E-state index in [1.165, 1.54) is 11.8 Å². The molecule has 0 rings (SSSR count). The highest BCUT2D eigenvalue weighted by atomic mass is 32.2. The Morgan fingerprint density at radius 2 is 2.20 bits per heavy atom. The molecule has 0 aliphatic heterocycles. The third-order valence-electron chi connectivity index (χ3n) is 1.02. The second kappa shape index (κ2) is 4.40. The molecule has 0 bridgehead atoms. The van der Waals surface area contributed by atoms with Crippen LogP contribution in [0.3, 0.4) is 0 Å². The number of hydrogen-bond acceptors (Lipinski definition) is 3. The van der Waals surface area contributed by atoms with Crippen molar-refractivity contribution in [3.05, 3.63) is 0 Å². The van der Waals surface area contributed by atoms with Crippen molar-refractivity contribution in [3.63, 3.8) is 0 Å². The molecule has 0 heterocycles. The summed E-state index contributed by atoms with van der Waals surface area (Å²) in [5, 5.41) is 19.3. The molecule has 0 aliphatic carbocycles. The molecule has 0 spiro atoms. The zero-order valence-electron chi connectivity index (χ0n) is 5.87. The molecule has 5 heteroatoms. The summed E-state index contributed by atoms with van der Waals surface area (Å²) >= 11 is 1.20. The van der Waals surface area contributed by atoms with E-state index < -0.39 is 17.6 Å². The van der Waals surface area contributed by atoms with Gasteiger partial charge in [-0.15, -0.1) is 11.8 Å². The molecule has 1 amide bonds. The first-order valence-corrected chi connectivity index (χ1v) is 4.07. The molecule has 4 nitrogen and oxygen atoms in total.